The van der Waals surface area contributed by atoms with Crippen molar-refractivity contribution >= 4 is 28.4 Å². The van der Waals surface area contributed by atoms with Gasteiger partial charge in [0.1, 0.15) is 0 Å². The van der Waals surface area contributed by atoms with Crippen molar-refractivity contribution in [2.45, 2.75) is 12.5 Å². The molecule has 0 unspecified atom stereocenters. The van der Waals surface area contributed by atoms with Gasteiger partial charge in [0, 0.05) is 40.1 Å². The molecule has 0 fully saturated rings. The van der Waals surface area contributed by atoms with Crippen molar-refractivity contribution in [3.63, 3.8) is 0 Å². The minimum Gasteiger partial charge on any atom is 0 e. The summed E-state index contributed by atoms with van der Waals surface area (Å²) in [5, 5.41) is 0. The molecule has 1 aliphatic heterocycles. The quantitative estimate of drug-likeness (QED) is 0.292. The van der Waals surface area contributed by atoms with E-state index >= 15 is 0 Å². The van der Waals surface area contributed by atoms with E-state index in [0.717, 1.165) is 6.54 Å². The van der Waals surface area contributed by atoms with Crippen LogP contribution in [0.25, 0.3) is 0 Å². The Morgan fingerprint density at radius 1 is 1.21 bits per heavy atom. The number of hydrogen-bond donors (Lipinski definition) is 0. The molecule has 1 heterocycles. The molecule has 1 aromatic rings. The second-order valence-corrected chi connectivity index (χ2v) is 5.17. The van der Waals surface area contributed by atoms with E-state index in [1.807, 2.05) is 24.4 Å². The standard InChI is InChI=1S/C14H14INO.3CO.Cr/c1-2-8-16-9-7-11(17)10-14(16)12-5-3-4-6-13(12)15;3*1-2;/h2-7,9,14H,1,8,10H2;;;;/t14-;;;;/m1..../s1. The molecular formula is C17H14CrINO4. The average Bonchev–Trinajstić information content (AvgIpc) is 2.62. The third-order valence-corrected chi connectivity index (χ3v) is 3.83. The minimum atomic E-state index is 0. The molecule has 24 heavy (non-hydrogen) atoms. The van der Waals surface area contributed by atoms with Crippen LogP contribution in [0.2, 0.25) is 0 Å². The van der Waals surface area contributed by atoms with Gasteiger partial charge in [0.05, 0.1) is 6.04 Å². The van der Waals surface area contributed by atoms with Crippen molar-refractivity contribution in [2.75, 3.05) is 6.54 Å². The summed E-state index contributed by atoms with van der Waals surface area (Å²) in [4.78, 5) is 13.7. The molecule has 5 nitrogen and oxygen atoms in total. The smallest absolute Gasteiger partial charge is 0 e. The first-order valence-electron chi connectivity index (χ1n) is 6.15. The number of halogens is 1. The van der Waals surface area contributed by atoms with Gasteiger partial charge in [-0.2, -0.15) is 0 Å². The van der Waals surface area contributed by atoms with Gasteiger partial charge < -0.3 is 4.90 Å². The third-order valence-electron chi connectivity index (χ3n) is 2.85. The molecule has 0 saturated carbocycles. The van der Waals surface area contributed by atoms with Crippen molar-refractivity contribution in [1.29, 1.82) is 0 Å². The second-order valence-electron chi connectivity index (χ2n) is 4.01. The Kier molecular flexibility index (Phi) is 20.6. The molecule has 0 radical (unpaired) electrons. The van der Waals surface area contributed by atoms with Crippen LogP contribution in [0, 0.1) is 23.5 Å². The van der Waals surface area contributed by atoms with Crippen molar-refractivity contribution in [3.05, 3.63) is 78.3 Å². The summed E-state index contributed by atoms with van der Waals surface area (Å²) in [7, 11) is 0. The molecule has 7 heteroatoms. The SMILES string of the molecule is C=CCN1C=CC(=O)C[C@@H]1c1ccccc1I.[C-]#[O+].[C-]#[O+].[C-]#[O+].[Cr]. The molecule has 0 N–H and O–H groups in total. The van der Waals surface area contributed by atoms with Crippen LogP contribution in [0.15, 0.2) is 49.2 Å². The summed E-state index contributed by atoms with van der Waals surface area (Å²) in [6, 6.07) is 8.34. The van der Waals surface area contributed by atoms with Crippen LogP contribution in [-0.2, 0) is 36.1 Å². The van der Waals surface area contributed by atoms with Gasteiger partial charge in [0.2, 0.25) is 0 Å². The zero-order chi connectivity index (χ0) is 18.3. The van der Waals surface area contributed by atoms with Gasteiger partial charge in [0.25, 0.3) is 0 Å². The summed E-state index contributed by atoms with van der Waals surface area (Å²) in [5.41, 5.74) is 1.22. The van der Waals surface area contributed by atoms with Gasteiger partial charge in [0.15, 0.2) is 5.78 Å². The minimum absolute atomic E-state index is 0. The normalized spacial score (nSPS) is 14.0. The molecule has 1 aromatic carbocycles. The number of allylic oxidation sites excluding steroid dienone is 1. The summed E-state index contributed by atoms with van der Waals surface area (Å²) in [6.45, 7) is 18.0. The number of hydrogen-bond acceptors (Lipinski definition) is 2. The van der Waals surface area contributed by atoms with E-state index in [9.17, 15) is 4.79 Å². The molecule has 0 spiro atoms. The number of ketones is 1. The molecule has 124 valence electrons. The molecule has 1 aliphatic rings. The summed E-state index contributed by atoms with van der Waals surface area (Å²) in [6.07, 6.45) is 5.93. The van der Waals surface area contributed by atoms with Crippen LogP contribution < -0.4 is 0 Å². The van der Waals surface area contributed by atoms with Gasteiger partial charge in [-0.05, 0) is 40.3 Å². The fraction of sp³-hybridized carbons (Fsp3) is 0.176. The Balaban J connectivity index is -0.000000569. The van der Waals surface area contributed by atoms with E-state index in [4.69, 9.17) is 14.0 Å². The molecular weight excluding hydrogens is 461 g/mol. The van der Waals surface area contributed by atoms with Crippen molar-refractivity contribution in [2.24, 2.45) is 0 Å². The Labute approximate surface area is 166 Å². The Morgan fingerprint density at radius 3 is 2.25 bits per heavy atom. The summed E-state index contributed by atoms with van der Waals surface area (Å²) in [5.74, 6) is 0.190. The van der Waals surface area contributed by atoms with Crippen molar-refractivity contribution in [3.8, 4) is 0 Å². The molecule has 0 saturated heterocycles. The Bertz CT molecular complexity index is 581. The van der Waals surface area contributed by atoms with Crippen LogP contribution in [0.5, 0.6) is 0 Å². The van der Waals surface area contributed by atoms with Gasteiger partial charge in [-0.3, -0.25) is 4.79 Å². The van der Waals surface area contributed by atoms with Crippen LogP contribution in [-0.4, -0.2) is 17.2 Å². The maximum atomic E-state index is 11.6. The first-order chi connectivity index (χ1) is 11.2. The summed E-state index contributed by atoms with van der Waals surface area (Å²) < 4.78 is 23.7. The molecule has 2 rings (SSSR count). The number of rotatable bonds is 3. The first kappa shape index (κ1) is 27.5. The van der Waals surface area contributed by atoms with E-state index in [2.05, 4.69) is 66.2 Å². The maximum Gasteiger partial charge on any atom is 0 e. The van der Waals surface area contributed by atoms with Crippen molar-refractivity contribution < 1.29 is 36.1 Å². The van der Waals surface area contributed by atoms with Gasteiger partial charge in [-0.25, -0.2) is 0 Å². The van der Waals surface area contributed by atoms with Gasteiger partial charge >= 0.3 is 33.9 Å². The first-order valence-corrected chi connectivity index (χ1v) is 7.23. The zero-order valence-electron chi connectivity index (χ0n) is 12.6. The van der Waals surface area contributed by atoms with Crippen LogP contribution >= 0.6 is 22.6 Å². The fourth-order valence-corrected chi connectivity index (χ4v) is 2.78. The number of carbonyl (C=O) groups is 1. The van der Waals surface area contributed by atoms with Gasteiger partial charge in [-0.1, -0.05) is 24.3 Å². The van der Waals surface area contributed by atoms with Crippen LogP contribution in [0.1, 0.15) is 18.0 Å². The van der Waals surface area contributed by atoms with E-state index in [1.54, 1.807) is 6.08 Å². The van der Waals surface area contributed by atoms with Gasteiger partial charge in [-0.15, -0.1) is 6.58 Å². The van der Waals surface area contributed by atoms with Crippen LogP contribution in [0.3, 0.4) is 0 Å². The Hall–Kier alpha value is -1.35. The van der Waals surface area contributed by atoms with E-state index in [0.29, 0.717) is 6.42 Å². The number of carbonyl (C=O) groups excluding carboxylic acids is 1. The molecule has 0 aliphatic carbocycles. The molecule has 0 bridgehead atoms. The number of nitrogens with zero attached hydrogens (tertiary/aromatic N) is 1. The average molecular weight is 475 g/mol. The van der Waals surface area contributed by atoms with E-state index in [1.165, 1.54) is 9.13 Å². The summed E-state index contributed by atoms with van der Waals surface area (Å²) >= 11 is 2.32. The topological polar surface area (TPSA) is 80.0 Å². The molecule has 1 atom stereocenters. The van der Waals surface area contributed by atoms with Crippen LogP contribution in [0.4, 0.5) is 0 Å². The fourth-order valence-electron chi connectivity index (χ4n) is 2.03. The predicted octanol–water partition coefficient (Wildman–Crippen LogP) is 3.19. The second kappa shape index (κ2) is 18.0. The van der Waals surface area contributed by atoms with E-state index < -0.39 is 0 Å². The molecule has 0 aromatic heterocycles. The van der Waals surface area contributed by atoms with Crippen molar-refractivity contribution in [1.82, 2.24) is 4.90 Å². The third kappa shape index (κ3) is 9.07. The number of benzene rings is 1. The molecule has 0 amide bonds. The van der Waals surface area contributed by atoms with E-state index in [-0.39, 0.29) is 29.2 Å². The Morgan fingerprint density at radius 2 is 1.75 bits per heavy atom. The maximum absolute atomic E-state index is 11.6. The predicted molar refractivity (Wildman–Crippen MR) is 89.4 cm³/mol. The largest absolute Gasteiger partial charge is 0 e. The monoisotopic (exact) mass is 475 g/mol. The zero-order valence-corrected chi connectivity index (χ0v) is 16.0.